The Bertz CT molecular complexity index is 1060. The molecule has 32 heavy (non-hydrogen) atoms. The van der Waals surface area contributed by atoms with Crippen LogP contribution >= 0.6 is 0 Å². The summed E-state index contributed by atoms with van der Waals surface area (Å²) in [5.41, 5.74) is 3.74. The van der Waals surface area contributed by atoms with E-state index in [0.29, 0.717) is 12.5 Å². The zero-order valence-corrected chi connectivity index (χ0v) is 18.6. The van der Waals surface area contributed by atoms with Gasteiger partial charge < -0.3 is 14.4 Å². The minimum absolute atomic E-state index is 0.0501. The third kappa shape index (κ3) is 4.99. The molecular weight excluding hydrogens is 400 g/mol. The molecule has 2 fully saturated rings. The molecule has 168 valence electrons. The lowest BCUT2D eigenvalue weighted by molar-refractivity contribution is -0.136. The molecule has 5 nitrogen and oxygen atoms in total. The molecule has 1 N–H and O–H groups in total. The van der Waals surface area contributed by atoms with Gasteiger partial charge in [-0.25, -0.2) is 0 Å². The largest absolute Gasteiger partial charge is 0.492 e. The van der Waals surface area contributed by atoms with E-state index < -0.39 is 5.97 Å². The van der Waals surface area contributed by atoms with E-state index >= 15 is 0 Å². The SMILES string of the molecule is O=C(O)Cc1ccc(OCCN2CCC(c3cn(CC4CC4)c4ccccc34)CC2)cc1. The number of likely N-dealkylation sites (tertiary alicyclic amines) is 1. The maximum atomic E-state index is 10.8. The molecule has 1 aliphatic heterocycles. The second kappa shape index (κ2) is 9.37. The van der Waals surface area contributed by atoms with E-state index in [1.165, 1.54) is 43.1 Å². The van der Waals surface area contributed by atoms with Crippen LogP contribution in [0.3, 0.4) is 0 Å². The fourth-order valence-electron chi connectivity index (χ4n) is 4.97. The number of piperidine rings is 1. The molecule has 5 rings (SSSR count). The molecule has 5 heteroatoms. The van der Waals surface area contributed by atoms with Gasteiger partial charge in [0.2, 0.25) is 0 Å². The lowest BCUT2D eigenvalue weighted by atomic mass is 9.89. The summed E-state index contributed by atoms with van der Waals surface area (Å²) in [6.07, 6.45) is 7.65. The maximum absolute atomic E-state index is 10.8. The van der Waals surface area contributed by atoms with Crippen LogP contribution in [0.25, 0.3) is 10.9 Å². The molecular formula is C27H32N2O3. The van der Waals surface area contributed by atoms with Crippen molar-refractivity contribution in [3.63, 3.8) is 0 Å². The number of rotatable bonds is 9. The van der Waals surface area contributed by atoms with Crippen LogP contribution in [0.1, 0.15) is 42.7 Å². The molecule has 2 aromatic carbocycles. The van der Waals surface area contributed by atoms with Crippen LogP contribution < -0.4 is 4.74 Å². The standard InChI is InChI=1S/C27H32N2O3/c30-27(31)17-20-7-9-23(10-8-20)32-16-15-28-13-11-22(12-14-28)25-19-29(18-21-5-6-21)26-4-2-1-3-24(25)26/h1-4,7-10,19,21-22H,5-6,11-18H2,(H,30,31). The number of hydrogen-bond donors (Lipinski definition) is 1. The Balaban J connectivity index is 1.13. The number of carbonyl (C=O) groups is 1. The van der Waals surface area contributed by atoms with E-state index in [1.54, 1.807) is 5.56 Å². The zero-order chi connectivity index (χ0) is 21.9. The number of hydrogen-bond acceptors (Lipinski definition) is 3. The van der Waals surface area contributed by atoms with Crippen molar-refractivity contribution in [2.45, 2.75) is 44.6 Å². The molecule has 0 spiro atoms. The van der Waals surface area contributed by atoms with E-state index in [0.717, 1.165) is 36.9 Å². The summed E-state index contributed by atoms with van der Waals surface area (Å²) in [6, 6.07) is 16.3. The first kappa shape index (κ1) is 21.1. The van der Waals surface area contributed by atoms with Gasteiger partial charge in [-0.05, 0) is 79.9 Å². The van der Waals surface area contributed by atoms with Crippen molar-refractivity contribution in [2.75, 3.05) is 26.2 Å². The van der Waals surface area contributed by atoms with Crippen molar-refractivity contribution in [3.05, 3.63) is 65.9 Å². The first-order valence-corrected chi connectivity index (χ1v) is 11.9. The van der Waals surface area contributed by atoms with Gasteiger partial charge in [-0.3, -0.25) is 9.69 Å². The molecule has 0 atom stereocenters. The monoisotopic (exact) mass is 432 g/mol. The third-order valence-electron chi connectivity index (χ3n) is 6.95. The summed E-state index contributed by atoms with van der Waals surface area (Å²) in [7, 11) is 0. The van der Waals surface area contributed by atoms with Crippen LogP contribution in [0, 0.1) is 5.92 Å². The van der Waals surface area contributed by atoms with Crippen molar-refractivity contribution in [1.82, 2.24) is 9.47 Å². The van der Waals surface area contributed by atoms with Crippen molar-refractivity contribution in [2.24, 2.45) is 5.92 Å². The molecule has 3 aromatic rings. The highest BCUT2D eigenvalue weighted by Gasteiger charge is 2.26. The molecule has 0 unspecified atom stereocenters. The summed E-state index contributed by atoms with van der Waals surface area (Å²) in [5, 5.41) is 10.3. The van der Waals surface area contributed by atoms with Crippen LogP contribution in [-0.2, 0) is 17.8 Å². The van der Waals surface area contributed by atoms with Gasteiger partial charge in [0.15, 0.2) is 0 Å². The molecule has 1 saturated heterocycles. The van der Waals surface area contributed by atoms with Gasteiger partial charge in [0.1, 0.15) is 12.4 Å². The van der Waals surface area contributed by atoms with Crippen molar-refractivity contribution in [3.8, 4) is 5.75 Å². The maximum Gasteiger partial charge on any atom is 0.307 e. The molecule has 1 aliphatic carbocycles. The first-order chi connectivity index (χ1) is 15.7. The number of nitrogens with zero attached hydrogens (tertiary/aromatic N) is 2. The second-order valence-electron chi connectivity index (χ2n) is 9.38. The third-order valence-corrected chi connectivity index (χ3v) is 6.95. The van der Waals surface area contributed by atoms with E-state index in [-0.39, 0.29) is 6.42 Å². The lowest BCUT2D eigenvalue weighted by Crippen LogP contribution is -2.35. The number of ether oxygens (including phenoxy) is 1. The van der Waals surface area contributed by atoms with Crippen LogP contribution in [0.5, 0.6) is 5.75 Å². The molecule has 2 aliphatic rings. The van der Waals surface area contributed by atoms with Crippen molar-refractivity contribution >= 4 is 16.9 Å². The zero-order valence-electron chi connectivity index (χ0n) is 18.6. The van der Waals surface area contributed by atoms with Gasteiger partial charge >= 0.3 is 5.97 Å². The second-order valence-corrected chi connectivity index (χ2v) is 9.38. The van der Waals surface area contributed by atoms with Crippen molar-refractivity contribution in [1.29, 1.82) is 0 Å². The lowest BCUT2D eigenvalue weighted by Gasteiger charge is -2.31. The van der Waals surface area contributed by atoms with E-state index in [9.17, 15) is 4.79 Å². The average Bonchev–Trinajstić information content (AvgIpc) is 3.55. The Morgan fingerprint density at radius 3 is 2.47 bits per heavy atom. The van der Waals surface area contributed by atoms with Gasteiger partial charge in [0.05, 0.1) is 6.42 Å². The minimum Gasteiger partial charge on any atom is -0.492 e. The number of carboxylic acid groups (broad SMARTS) is 1. The van der Waals surface area contributed by atoms with Crippen LogP contribution in [0.2, 0.25) is 0 Å². The van der Waals surface area contributed by atoms with Gasteiger partial charge in [-0.15, -0.1) is 0 Å². The number of para-hydroxylation sites is 1. The van der Waals surface area contributed by atoms with Gasteiger partial charge in [0, 0.05) is 30.2 Å². The number of fused-ring (bicyclic) bond motifs is 1. The van der Waals surface area contributed by atoms with E-state index in [2.05, 4.69) is 39.9 Å². The summed E-state index contributed by atoms with van der Waals surface area (Å²) >= 11 is 0. The number of benzene rings is 2. The van der Waals surface area contributed by atoms with Gasteiger partial charge in [-0.1, -0.05) is 30.3 Å². The molecule has 0 radical (unpaired) electrons. The Morgan fingerprint density at radius 2 is 1.75 bits per heavy atom. The molecule has 1 aromatic heterocycles. The highest BCUT2D eigenvalue weighted by molar-refractivity contribution is 5.84. The summed E-state index contributed by atoms with van der Waals surface area (Å²) in [4.78, 5) is 13.3. The predicted octanol–water partition coefficient (Wildman–Crippen LogP) is 4.94. The summed E-state index contributed by atoms with van der Waals surface area (Å²) in [5.74, 6) is 1.51. The normalized spacial score (nSPS) is 17.6. The Morgan fingerprint density at radius 1 is 1.00 bits per heavy atom. The number of aliphatic carboxylic acids is 1. The highest BCUT2D eigenvalue weighted by Crippen LogP contribution is 2.37. The number of aromatic nitrogens is 1. The fourth-order valence-corrected chi connectivity index (χ4v) is 4.97. The Labute approximate surface area is 189 Å². The quantitative estimate of drug-likeness (QED) is 0.521. The summed E-state index contributed by atoms with van der Waals surface area (Å²) < 4.78 is 8.40. The minimum atomic E-state index is -0.811. The predicted molar refractivity (Wildman–Crippen MR) is 126 cm³/mol. The first-order valence-electron chi connectivity index (χ1n) is 11.9. The van der Waals surface area contributed by atoms with Crippen LogP contribution in [0.4, 0.5) is 0 Å². The van der Waals surface area contributed by atoms with Gasteiger partial charge in [-0.2, -0.15) is 0 Å². The summed E-state index contributed by atoms with van der Waals surface area (Å²) in [6.45, 7) is 4.96. The fraction of sp³-hybridized carbons (Fsp3) is 0.444. The topological polar surface area (TPSA) is 54.7 Å². The van der Waals surface area contributed by atoms with E-state index in [1.807, 2.05) is 24.3 Å². The molecule has 0 amide bonds. The van der Waals surface area contributed by atoms with E-state index in [4.69, 9.17) is 9.84 Å². The Kier molecular flexibility index (Phi) is 6.17. The van der Waals surface area contributed by atoms with Gasteiger partial charge in [0.25, 0.3) is 0 Å². The molecule has 0 bridgehead atoms. The van der Waals surface area contributed by atoms with Crippen molar-refractivity contribution < 1.29 is 14.6 Å². The molecule has 1 saturated carbocycles. The average molecular weight is 433 g/mol. The highest BCUT2D eigenvalue weighted by atomic mass is 16.5. The van der Waals surface area contributed by atoms with Crippen LogP contribution in [0.15, 0.2) is 54.7 Å². The Hall–Kier alpha value is -2.79. The smallest absolute Gasteiger partial charge is 0.307 e. The van der Waals surface area contributed by atoms with Crippen LogP contribution in [-0.4, -0.2) is 46.8 Å². The number of carboxylic acids is 1. The molecule has 2 heterocycles.